The number of hydrogen-bond donors (Lipinski definition) is 2. The molecule has 0 spiro atoms. The monoisotopic (exact) mass is 354 g/mol. The number of rotatable bonds is 8. The highest BCUT2D eigenvalue weighted by atomic mass is 16.5. The van der Waals surface area contributed by atoms with E-state index in [-0.39, 0.29) is 18.1 Å². The lowest BCUT2D eigenvalue weighted by Gasteiger charge is -2.28. The van der Waals surface area contributed by atoms with Crippen molar-refractivity contribution in [3.8, 4) is 11.5 Å². The molecule has 5 heteroatoms. The first-order chi connectivity index (χ1) is 12.7. The molecule has 1 fully saturated rings. The highest BCUT2D eigenvalue weighted by molar-refractivity contribution is 5.78. The van der Waals surface area contributed by atoms with Gasteiger partial charge in [-0.05, 0) is 42.7 Å². The first-order valence-corrected chi connectivity index (χ1v) is 9.10. The van der Waals surface area contributed by atoms with E-state index in [1.54, 1.807) is 0 Å². The number of amides is 1. The molecule has 2 aromatic rings. The summed E-state index contributed by atoms with van der Waals surface area (Å²) >= 11 is 0. The number of carbonyl (C=O) groups is 1. The third-order valence-corrected chi connectivity index (χ3v) is 4.80. The maximum atomic E-state index is 12.1. The molecular weight excluding hydrogens is 328 g/mol. The van der Waals surface area contributed by atoms with E-state index in [1.165, 1.54) is 0 Å². The molecule has 1 amide bonds. The van der Waals surface area contributed by atoms with Gasteiger partial charge in [-0.25, -0.2) is 0 Å². The summed E-state index contributed by atoms with van der Waals surface area (Å²) in [5.74, 6) is 1.28. The second kappa shape index (κ2) is 8.72. The zero-order valence-corrected chi connectivity index (χ0v) is 14.9. The molecule has 0 radical (unpaired) electrons. The van der Waals surface area contributed by atoms with Crippen LogP contribution in [0.25, 0.3) is 0 Å². The highest BCUT2D eigenvalue weighted by Gasteiger charge is 2.33. The summed E-state index contributed by atoms with van der Waals surface area (Å²) in [5.41, 5.74) is 6.72. The fourth-order valence-electron chi connectivity index (χ4n) is 3.29. The van der Waals surface area contributed by atoms with Crippen molar-refractivity contribution < 1.29 is 14.3 Å². The second-order valence-electron chi connectivity index (χ2n) is 6.77. The van der Waals surface area contributed by atoms with Crippen molar-refractivity contribution in [2.24, 2.45) is 5.73 Å². The van der Waals surface area contributed by atoms with Gasteiger partial charge in [-0.3, -0.25) is 4.79 Å². The molecule has 0 saturated heterocycles. The molecule has 3 N–H and O–H groups in total. The van der Waals surface area contributed by atoms with Crippen LogP contribution in [0.5, 0.6) is 11.5 Å². The number of hydrogen-bond acceptors (Lipinski definition) is 4. The van der Waals surface area contributed by atoms with Crippen LogP contribution in [0.3, 0.4) is 0 Å². The molecule has 0 aliphatic heterocycles. The highest BCUT2D eigenvalue weighted by Crippen LogP contribution is 2.28. The summed E-state index contributed by atoms with van der Waals surface area (Å²) in [5, 5.41) is 3.05. The minimum atomic E-state index is -0.240. The van der Waals surface area contributed by atoms with Crippen LogP contribution in [-0.4, -0.2) is 24.6 Å². The van der Waals surface area contributed by atoms with Gasteiger partial charge in [0.25, 0.3) is 5.91 Å². The molecule has 138 valence electrons. The van der Waals surface area contributed by atoms with Gasteiger partial charge in [-0.2, -0.15) is 0 Å². The smallest absolute Gasteiger partial charge is 0.258 e. The van der Waals surface area contributed by atoms with Gasteiger partial charge in [-0.15, -0.1) is 0 Å². The number of ether oxygens (including phenoxy) is 2. The molecule has 0 bridgehead atoms. The van der Waals surface area contributed by atoms with Crippen LogP contribution in [0.4, 0.5) is 0 Å². The summed E-state index contributed by atoms with van der Waals surface area (Å²) in [6, 6.07) is 17.3. The molecule has 0 aromatic heterocycles. The topological polar surface area (TPSA) is 73.6 Å². The van der Waals surface area contributed by atoms with Gasteiger partial charge in [0, 0.05) is 6.54 Å². The van der Waals surface area contributed by atoms with E-state index in [2.05, 4.69) is 5.32 Å². The molecule has 5 nitrogen and oxygen atoms in total. The van der Waals surface area contributed by atoms with Crippen molar-refractivity contribution >= 4 is 5.91 Å². The van der Waals surface area contributed by atoms with Crippen molar-refractivity contribution in [2.45, 2.75) is 37.8 Å². The minimum Gasteiger partial charge on any atom is -0.489 e. The Kier molecular flexibility index (Phi) is 6.12. The Hall–Kier alpha value is -2.53. The van der Waals surface area contributed by atoms with Crippen LogP contribution in [-0.2, 0) is 11.4 Å². The van der Waals surface area contributed by atoms with E-state index < -0.39 is 0 Å². The van der Waals surface area contributed by atoms with Gasteiger partial charge in [0.1, 0.15) is 18.1 Å². The van der Waals surface area contributed by atoms with Crippen molar-refractivity contribution in [2.75, 3.05) is 13.2 Å². The van der Waals surface area contributed by atoms with Crippen LogP contribution in [0.15, 0.2) is 54.6 Å². The van der Waals surface area contributed by atoms with Gasteiger partial charge < -0.3 is 20.5 Å². The predicted molar refractivity (Wildman–Crippen MR) is 101 cm³/mol. The van der Waals surface area contributed by atoms with Gasteiger partial charge >= 0.3 is 0 Å². The van der Waals surface area contributed by atoms with E-state index in [9.17, 15) is 4.79 Å². The second-order valence-corrected chi connectivity index (χ2v) is 6.77. The molecule has 0 unspecified atom stereocenters. The Bertz CT molecular complexity index is 695. The van der Waals surface area contributed by atoms with Crippen molar-refractivity contribution in [3.63, 3.8) is 0 Å². The van der Waals surface area contributed by atoms with Crippen molar-refractivity contribution in [1.29, 1.82) is 0 Å². The molecule has 1 saturated carbocycles. The molecule has 2 aromatic carbocycles. The van der Waals surface area contributed by atoms with Gasteiger partial charge in [-0.1, -0.05) is 43.2 Å². The van der Waals surface area contributed by atoms with E-state index in [0.29, 0.717) is 18.9 Å². The van der Waals surface area contributed by atoms with Gasteiger partial charge in [0.05, 0.1) is 5.54 Å². The maximum absolute atomic E-state index is 12.1. The Morgan fingerprint density at radius 2 is 1.58 bits per heavy atom. The third-order valence-electron chi connectivity index (χ3n) is 4.80. The Morgan fingerprint density at radius 1 is 0.962 bits per heavy atom. The summed E-state index contributed by atoms with van der Waals surface area (Å²) in [6.07, 6.45) is 4.12. The average Bonchev–Trinajstić information content (AvgIpc) is 3.15. The predicted octanol–water partition coefficient (Wildman–Crippen LogP) is 3.03. The summed E-state index contributed by atoms with van der Waals surface area (Å²) in [4.78, 5) is 12.1. The quantitative estimate of drug-likeness (QED) is 0.764. The lowest BCUT2D eigenvalue weighted by atomic mass is 9.98. The van der Waals surface area contributed by atoms with Crippen LogP contribution in [0.2, 0.25) is 0 Å². The summed E-state index contributed by atoms with van der Waals surface area (Å²) < 4.78 is 11.3. The standard InChI is InChI=1S/C21H26N2O3/c22-16-21(12-4-5-13-21)23-20(24)15-26-19-10-8-18(9-11-19)25-14-17-6-2-1-3-7-17/h1-3,6-11H,4-5,12-16,22H2,(H,23,24). The van der Waals surface area contributed by atoms with E-state index >= 15 is 0 Å². The molecule has 26 heavy (non-hydrogen) atoms. The summed E-state index contributed by atoms with van der Waals surface area (Å²) in [7, 11) is 0. The normalized spacial score (nSPS) is 15.4. The molecular formula is C21H26N2O3. The summed E-state index contributed by atoms with van der Waals surface area (Å²) in [6.45, 7) is 0.989. The zero-order chi connectivity index (χ0) is 18.2. The number of nitrogens with two attached hydrogens (primary N) is 1. The minimum absolute atomic E-state index is 0.00797. The van der Waals surface area contributed by atoms with Crippen LogP contribution < -0.4 is 20.5 Å². The molecule has 1 aliphatic rings. The Labute approximate surface area is 154 Å². The SMILES string of the molecule is NCC1(NC(=O)COc2ccc(OCc3ccccc3)cc2)CCCC1. The number of carbonyl (C=O) groups excluding carboxylic acids is 1. The Morgan fingerprint density at radius 3 is 2.19 bits per heavy atom. The first-order valence-electron chi connectivity index (χ1n) is 9.10. The molecule has 0 heterocycles. The number of nitrogens with one attached hydrogen (secondary N) is 1. The molecule has 3 rings (SSSR count). The fourth-order valence-corrected chi connectivity index (χ4v) is 3.29. The van der Waals surface area contributed by atoms with Crippen molar-refractivity contribution in [3.05, 3.63) is 60.2 Å². The van der Waals surface area contributed by atoms with E-state index in [1.807, 2.05) is 54.6 Å². The lowest BCUT2D eigenvalue weighted by molar-refractivity contribution is -0.124. The maximum Gasteiger partial charge on any atom is 0.258 e. The fraction of sp³-hybridized carbons (Fsp3) is 0.381. The van der Waals surface area contributed by atoms with E-state index in [4.69, 9.17) is 15.2 Å². The number of benzene rings is 2. The first kappa shape index (κ1) is 18.3. The zero-order valence-electron chi connectivity index (χ0n) is 14.9. The van der Waals surface area contributed by atoms with Gasteiger partial charge in [0.15, 0.2) is 6.61 Å². The largest absolute Gasteiger partial charge is 0.489 e. The molecule has 0 atom stereocenters. The lowest BCUT2D eigenvalue weighted by Crippen LogP contribution is -2.52. The van der Waals surface area contributed by atoms with Crippen molar-refractivity contribution in [1.82, 2.24) is 5.32 Å². The van der Waals surface area contributed by atoms with Crippen LogP contribution in [0.1, 0.15) is 31.2 Å². The third kappa shape index (κ3) is 4.99. The van der Waals surface area contributed by atoms with Gasteiger partial charge in [0.2, 0.25) is 0 Å². The van der Waals surface area contributed by atoms with Crippen LogP contribution >= 0.6 is 0 Å². The Balaban J connectivity index is 1.44. The van der Waals surface area contributed by atoms with Crippen LogP contribution in [0, 0.1) is 0 Å². The average molecular weight is 354 g/mol. The van der Waals surface area contributed by atoms with E-state index in [0.717, 1.165) is 37.0 Å². The molecule has 1 aliphatic carbocycles.